The fraction of sp³-hybridized carbons (Fsp3) is 0.154. The number of hydrogen-bond acceptors (Lipinski definition) is 5. The molecule has 0 saturated carbocycles. The van der Waals surface area contributed by atoms with Crippen molar-refractivity contribution in [1.29, 1.82) is 5.26 Å². The lowest BCUT2D eigenvalue weighted by molar-refractivity contribution is 0.0691. The summed E-state index contributed by atoms with van der Waals surface area (Å²) in [5.74, 6) is -1.01. The highest BCUT2D eigenvalue weighted by molar-refractivity contribution is 7.09. The third-order valence-electron chi connectivity index (χ3n) is 2.53. The lowest BCUT2D eigenvalue weighted by Crippen LogP contribution is -2.05. The van der Waals surface area contributed by atoms with E-state index < -0.39 is 5.97 Å². The average molecular weight is 308 g/mol. The molecule has 2 aromatic rings. The van der Waals surface area contributed by atoms with Gasteiger partial charge in [0.25, 0.3) is 0 Å². The molecule has 0 aliphatic rings. The fourth-order valence-electron chi connectivity index (χ4n) is 1.55. The Morgan fingerprint density at radius 2 is 2.35 bits per heavy atom. The zero-order valence-corrected chi connectivity index (χ0v) is 11.8. The summed E-state index contributed by atoms with van der Waals surface area (Å²) in [4.78, 5) is 14.7. The molecular weight excluding hydrogens is 298 g/mol. The standard InChI is InChI=1S/C13H10ClN3O2S/c14-10-5-9(2-1-8(10)6-15)16-4-3-12-17-11(7-20-12)13(18)19/h1-2,5,7,16H,3-4H2,(H,18,19). The third-order valence-corrected chi connectivity index (χ3v) is 3.75. The van der Waals surface area contributed by atoms with E-state index in [4.69, 9.17) is 22.0 Å². The lowest BCUT2D eigenvalue weighted by atomic mass is 10.2. The highest BCUT2D eigenvalue weighted by Gasteiger charge is 2.08. The van der Waals surface area contributed by atoms with Gasteiger partial charge in [0.1, 0.15) is 6.07 Å². The third kappa shape index (κ3) is 3.47. The number of carbonyl (C=O) groups is 1. The Morgan fingerprint density at radius 3 is 2.95 bits per heavy atom. The molecule has 0 amide bonds. The van der Waals surface area contributed by atoms with Crippen LogP contribution < -0.4 is 5.32 Å². The number of benzene rings is 1. The first-order valence-electron chi connectivity index (χ1n) is 5.71. The molecule has 20 heavy (non-hydrogen) atoms. The molecule has 0 radical (unpaired) electrons. The molecule has 1 heterocycles. The molecule has 2 N–H and O–H groups in total. The Balaban J connectivity index is 1.91. The summed E-state index contributed by atoms with van der Waals surface area (Å²) in [6, 6.07) is 7.10. The molecular formula is C13H10ClN3O2S. The van der Waals surface area contributed by atoms with Crippen molar-refractivity contribution in [3.63, 3.8) is 0 Å². The number of aromatic nitrogens is 1. The Kier molecular flexibility index (Phi) is 4.56. The molecule has 102 valence electrons. The molecule has 5 nitrogen and oxygen atoms in total. The number of nitrogens with one attached hydrogen (secondary N) is 1. The molecule has 0 saturated heterocycles. The van der Waals surface area contributed by atoms with Crippen LogP contribution in [0.15, 0.2) is 23.6 Å². The topological polar surface area (TPSA) is 86.0 Å². The minimum atomic E-state index is -1.01. The maximum atomic E-state index is 10.7. The van der Waals surface area contributed by atoms with Gasteiger partial charge in [-0.05, 0) is 18.2 Å². The summed E-state index contributed by atoms with van der Waals surface area (Å²) in [7, 11) is 0. The smallest absolute Gasteiger partial charge is 0.355 e. The summed E-state index contributed by atoms with van der Waals surface area (Å²) < 4.78 is 0. The van der Waals surface area contributed by atoms with Gasteiger partial charge in [-0.25, -0.2) is 9.78 Å². The van der Waals surface area contributed by atoms with Gasteiger partial charge in [-0.15, -0.1) is 11.3 Å². The number of rotatable bonds is 5. The van der Waals surface area contributed by atoms with E-state index >= 15 is 0 Å². The molecule has 0 spiro atoms. The highest BCUT2D eigenvalue weighted by atomic mass is 35.5. The predicted octanol–water partition coefficient (Wildman–Crippen LogP) is 3.02. The minimum Gasteiger partial charge on any atom is -0.476 e. The van der Waals surface area contributed by atoms with Crippen LogP contribution in [-0.4, -0.2) is 22.6 Å². The fourth-order valence-corrected chi connectivity index (χ4v) is 2.55. The first kappa shape index (κ1) is 14.3. The normalized spacial score (nSPS) is 10.0. The number of aromatic carboxylic acids is 1. The summed E-state index contributed by atoms with van der Waals surface area (Å²) >= 11 is 7.25. The van der Waals surface area contributed by atoms with Crippen molar-refractivity contribution < 1.29 is 9.90 Å². The summed E-state index contributed by atoms with van der Waals surface area (Å²) in [5, 5.41) is 23.4. The van der Waals surface area contributed by atoms with Crippen molar-refractivity contribution >= 4 is 34.6 Å². The number of thiazole rings is 1. The molecule has 1 aromatic carbocycles. The second-order valence-corrected chi connectivity index (χ2v) is 5.26. The zero-order chi connectivity index (χ0) is 14.5. The molecule has 0 atom stereocenters. The summed E-state index contributed by atoms with van der Waals surface area (Å²) in [5.41, 5.74) is 1.32. The van der Waals surface area contributed by atoms with Crippen LogP contribution in [0.25, 0.3) is 0 Å². The summed E-state index contributed by atoms with van der Waals surface area (Å²) in [6.07, 6.45) is 0.621. The van der Waals surface area contributed by atoms with Crippen LogP contribution in [-0.2, 0) is 6.42 Å². The van der Waals surface area contributed by atoms with E-state index in [2.05, 4.69) is 10.3 Å². The van der Waals surface area contributed by atoms with E-state index in [1.807, 2.05) is 6.07 Å². The van der Waals surface area contributed by atoms with Gasteiger partial charge in [0, 0.05) is 24.0 Å². The Morgan fingerprint density at radius 1 is 1.55 bits per heavy atom. The Bertz CT molecular complexity index is 678. The van der Waals surface area contributed by atoms with Crippen LogP contribution in [0.3, 0.4) is 0 Å². The largest absolute Gasteiger partial charge is 0.476 e. The van der Waals surface area contributed by atoms with E-state index in [0.29, 0.717) is 23.6 Å². The maximum absolute atomic E-state index is 10.7. The SMILES string of the molecule is N#Cc1ccc(NCCc2nc(C(=O)O)cs2)cc1Cl. The minimum absolute atomic E-state index is 0.0754. The highest BCUT2D eigenvalue weighted by Crippen LogP contribution is 2.20. The van der Waals surface area contributed by atoms with Gasteiger partial charge in [-0.1, -0.05) is 11.6 Å². The van der Waals surface area contributed by atoms with Crippen molar-refractivity contribution in [3.8, 4) is 6.07 Å². The molecule has 7 heteroatoms. The average Bonchev–Trinajstić information content (AvgIpc) is 2.88. The number of carboxylic acids is 1. The quantitative estimate of drug-likeness (QED) is 0.886. The van der Waals surface area contributed by atoms with Crippen LogP contribution >= 0.6 is 22.9 Å². The predicted molar refractivity (Wildman–Crippen MR) is 77.4 cm³/mol. The van der Waals surface area contributed by atoms with E-state index in [0.717, 1.165) is 10.7 Å². The van der Waals surface area contributed by atoms with Crippen LogP contribution in [0.2, 0.25) is 5.02 Å². The number of hydrogen-bond donors (Lipinski definition) is 2. The Labute approximate surface area is 124 Å². The molecule has 0 fully saturated rings. The van der Waals surface area contributed by atoms with E-state index in [1.54, 1.807) is 18.2 Å². The van der Waals surface area contributed by atoms with E-state index in [-0.39, 0.29) is 5.69 Å². The second kappa shape index (κ2) is 6.37. The van der Waals surface area contributed by atoms with Gasteiger partial charge < -0.3 is 10.4 Å². The Hall–Kier alpha value is -2.10. The van der Waals surface area contributed by atoms with Crippen molar-refractivity contribution in [2.24, 2.45) is 0 Å². The second-order valence-electron chi connectivity index (χ2n) is 3.91. The number of nitriles is 1. The number of anilines is 1. The van der Waals surface area contributed by atoms with Crippen LogP contribution in [0.5, 0.6) is 0 Å². The van der Waals surface area contributed by atoms with Gasteiger partial charge in [-0.2, -0.15) is 5.26 Å². The first-order valence-corrected chi connectivity index (χ1v) is 6.97. The van der Waals surface area contributed by atoms with E-state index in [9.17, 15) is 4.79 Å². The van der Waals surface area contributed by atoms with Gasteiger partial charge in [-0.3, -0.25) is 0 Å². The van der Waals surface area contributed by atoms with Crippen molar-refractivity contribution in [2.45, 2.75) is 6.42 Å². The van der Waals surface area contributed by atoms with Crippen LogP contribution in [0, 0.1) is 11.3 Å². The van der Waals surface area contributed by atoms with Crippen molar-refractivity contribution in [3.05, 3.63) is 44.9 Å². The van der Waals surface area contributed by atoms with E-state index in [1.165, 1.54) is 16.7 Å². The number of halogens is 1. The van der Waals surface area contributed by atoms with Gasteiger partial charge in [0.05, 0.1) is 15.6 Å². The maximum Gasteiger partial charge on any atom is 0.355 e. The zero-order valence-electron chi connectivity index (χ0n) is 10.3. The monoisotopic (exact) mass is 307 g/mol. The molecule has 0 unspecified atom stereocenters. The molecule has 2 rings (SSSR count). The van der Waals surface area contributed by atoms with Crippen molar-refractivity contribution in [2.75, 3.05) is 11.9 Å². The molecule has 1 aromatic heterocycles. The lowest BCUT2D eigenvalue weighted by Gasteiger charge is -2.06. The van der Waals surface area contributed by atoms with Crippen LogP contribution in [0.4, 0.5) is 5.69 Å². The number of nitrogens with zero attached hydrogens (tertiary/aromatic N) is 2. The molecule has 0 aliphatic heterocycles. The molecule has 0 bridgehead atoms. The van der Waals surface area contributed by atoms with Crippen LogP contribution in [0.1, 0.15) is 21.1 Å². The van der Waals surface area contributed by atoms with Gasteiger partial charge >= 0.3 is 5.97 Å². The summed E-state index contributed by atoms with van der Waals surface area (Å²) in [6.45, 7) is 0.606. The number of carboxylic acid groups (broad SMARTS) is 1. The van der Waals surface area contributed by atoms with Crippen molar-refractivity contribution in [1.82, 2.24) is 4.98 Å². The first-order chi connectivity index (χ1) is 9.60. The van der Waals surface area contributed by atoms with Gasteiger partial charge in [0.2, 0.25) is 0 Å². The molecule has 0 aliphatic carbocycles. The van der Waals surface area contributed by atoms with Gasteiger partial charge in [0.15, 0.2) is 5.69 Å².